The zero-order valence-corrected chi connectivity index (χ0v) is 11.9. The van der Waals surface area contributed by atoms with Crippen molar-refractivity contribution < 1.29 is 4.39 Å². The van der Waals surface area contributed by atoms with Crippen molar-refractivity contribution in [1.29, 1.82) is 0 Å². The SMILES string of the molecule is Cc1cc(F)ccc1CCNc1ncnc2sccc12. The molecule has 102 valence electrons. The molecule has 0 amide bonds. The molecular weight excluding hydrogens is 273 g/mol. The van der Waals surface area contributed by atoms with E-state index in [9.17, 15) is 4.39 Å². The van der Waals surface area contributed by atoms with E-state index in [1.807, 2.05) is 24.4 Å². The minimum atomic E-state index is -0.185. The Morgan fingerprint density at radius 3 is 3.00 bits per heavy atom. The van der Waals surface area contributed by atoms with Gasteiger partial charge in [0.1, 0.15) is 22.8 Å². The standard InChI is InChI=1S/C15H14FN3S/c1-10-8-12(16)3-2-11(10)4-6-17-14-13-5-7-20-15(13)19-9-18-14/h2-3,5,7-9H,4,6H2,1H3,(H,17,18,19). The Kier molecular flexibility index (Phi) is 3.60. The predicted molar refractivity (Wildman–Crippen MR) is 80.7 cm³/mol. The van der Waals surface area contributed by atoms with Crippen LogP contribution in [0.3, 0.4) is 0 Å². The van der Waals surface area contributed by atoms with E-state index in [0.717, 1.165) is 40.1 Å². The minimum Gasteiger partial charge on any atom is -0.369 e. The lowest BCUT2D eigenvalue weighted by atomic mass is 10.1. The lowest BCUT2D eigenvalue weighted by molar-refractivity contribution is 0.625. The molecule has 2 aromatic heterocycles. The first-order chi connectivity index (χ1) is 9.74. The number of aromatic nitrogens is 2. The van der Waals surface area contributed by atoms with E-state index in [4.69, 9.17) is 0 Å². The zero-order chi connectivity index (χ0) is 13.9. The van der Waals surface area contributed by atoms with Gasteiger partial charge in [-0.1, -0.05) is 6.07 Å². The summed E-state index contributed by atoms with van der Waals surface area (Å²) in [6.45, 7) is 2.69. The van der Waals surface area contributed by atoms with Crippen LogP contribution in [0.15, 0.2) is 36.0 Å². The molecule has 0 bridgehead atoms. The highest BCUT2D eigenvalue weighted by Crippen LogP contribution is 2.23. The van der Waals surface area contributed by atoms with Gasteiger partial charge in [0.05, 0.1) is 5.39 Å². The van der Waals surface area contributed by atoms with Crippen molar-refractivity contribution in [3.8, 4) is 0 Å². The van der Waals surface area contributed by atoms with Crippen molar-refractivity contribution in [3.63, 3.8) is 0 Å². The highest BCUT2D eigenvalue weighted by Gasteiger charge is 2.05. The maximum atomic E-state index is 13.0. The van der Waals surface area contributed by atoms with Crippen LogP contribution in [0.5, 0.6) is 0 Å². The summed E-state index contributed by atoms with van der Waals surface area (Å²) in [5.41, 5.74) is 2.13. The van der Waals surface area contributed by atoms with Crippen molar-refractivity contribution in [2.75, 3.05) is 11.9 Å². The molecule has 3 rings (SSSR count). The Labute approximate surface area is 120 Å². The van der Waals surface area contributed by atoms with Crippen molar-refractivity contribution in [2.24, 2.45) is 0 Å². The Morgan fingerprint density at radius 2 is 2.15 bits per heavy atom. The molecule has 0 aliphatic heterocycles. The lowest BCUT2D eigenvalue weighted by Crippen LogP contribution is -2.07. The van der Waals surface area contributed by atoms with Gasteiger partial charge in [-0.25, -0.2) is 14.4 Å². The van der Waals surface area contributed by atoms with Gasteiger partial charge < -0.3 is 5.32 Å². The highest BCUT2D eigenvalue weighted by molar-refractivity contribution is 7.16. The van der Waals surface area contributed by atoms with E-state index in [0.29, 0.717) is 0 Å². The summed E-state index contributed by atoms with van der Waals surface area (Å²) in [6, 6.07) is 6.93. The highest BCUT2D eigenvalue weighted by atomic mass is 32.1. The first-order valence-electron chi connectivity index (χ1n) is 6.41. The van der Waals surface area contributed by atoms with Crippen LogP contribution in [0.25, 0.3) is 10.2 Å². The van der Waals surface area contributed by atoms with Crippen molar-refractivity contribution in [3.05, 3.63) is 52.9 Å². The minimum absolute atomic E-state index is 0.185. The van der Waals surface area contributed by atoms with Crippen molar-refractivity contribution >= 4 is 27.4 Å². The molecular formula is C15H14FN3S. The fraction of sp³-hybridized carbons (Fsp3) is 0.200. The van der Waals surface area contributed by atoms with E-state index >= 15 is 0 Å². The van der Waals surface area contributed by atoms with Gasteiger partial charge >= 0.3 is 0 Å². The van der Waals surface area contributed by atoms with Crippen molar-refractivity contribution in [1.82, 2.24) is 9.97 Å². The number of hydrogen-bond donors (Lipinski definition) is 1. The second-order valence-electron chi connectivity index (χ2n) is 4.61. The number of halogens is 1. The van der Waals surface area contributed by atoms with Crippen LogP contribution in [0.2, 0.25) is 0 Å². The number of aryl methyl sites for hydroxylation is 1. The van der Waals surface area contributed by atoms with Gasteiger partial charge in [-0.15, -0.1) is 11.3 Å². The second kappa shape index (κ2) is 5.54. The fourth-order valence-electron chi connectivity index (χ4n) is 2.19. The summed E-state index contributed by atoms with van der Waals surface area (Å²) < 4.78 is 13.0. The third-order valence-corrected chi connectivity index (χ3v) is 4.07. The summed E-state index contributed by atoms with van der Waals surface area (Å²) in [5.74, 6) is 0.672. The second-order valence-corrected chi connectivity index (χ2v) is 5.50. The molecule has 0 aliphatic carbocycles. The summed E-state index contributed by atoms with van der Waals surface area (Å²) >= 11 is 1.60. The summed E-state index contributed by atoms with van der Waals surface area (Å²) in [6.07, 6.45) is 2.41. The summed E-state index contributed by atoms with van der Waals surface area (Å²) in [4.78, 5) is 9.48. The van der Waals surface area contributed by atoms with Crippen LogP contribution in [-0.4, -0.2) is 16.5 Å². The Morgan fingerprint density at radius 1 is 1.25 bits per heavy atom. The molecule has 3 aromatic rings. The van der Waals surface area contributed by atoms with Gasteiger partial charge in [-0.2, -0.15) is 0 Å². The molecule has 0 spiro atoms. The van der Waals surface area contributed by atoms with Crippen LogP contribution < -0.4 is 5.32 Å². The first kappa shape index (κ1) is 13.0. The molecule has 0 radical (unpaired) electrons. The molecule has 1 aromatic carbocycles. The monoisotopic (exact) mass is 287 g/mol. The van der Waals surface area contributed by atoms with Gasteiger partial charge in [0.25, 0.3) is 0 Å². The molecule has 0 fully saturated rings. The molecule has 0 atom stereocenters. The molecule has 0 saturated carbocycles. The summed E-state index contributed by atoms with van der Waals surface area (Å²) in [5, 5.41) is 6.38. The quantitative estimate of drug-likeness (QED) is 0.793. The van der Waals surface area contributed by atoms with E-state index in [1.54, 1.807) is 23.7 Å². The number of rotatable bonds is 4. The number of nitrogens with one attached hydrogen (secondary N) is 1. The van der Waals surface area contributed by atoms with Gasteiger partial charge in [-0.3, -0.25) is 0 Å². The number of fused-ring (bicyclic) bond motifs is 1. The van der Waals surface area contributed by atoms with Crippen LogP contribution in [-0.2, 0) is 6.42 Å². The molecule has 0 saturated heterocycles. The maximum absolute atomic E-state index is 13.0. The topological polar surface area (TPSA) is 37.8 Å². The normalized spacial score (nSPS) is 10.9. The van der Waals surface area contributed by atoms with Gasteiger partial charge in [0.15, 0.2) is 0 Å². The Hall–Kier alpha value is -2.01. The van der Waals surface area contributed by atoms with Gasteiger partial charge in [0, 0.05) is 6.54 Å². The largest absolute Gasteiger partial charge is 0.369 e. The van der Waals surface area contributed by atoms with E-state index < -0.39 is 0 Å². The number of anilines is 1. The molecule has 2 heterocycles. The average Bonchev–Trinajstić information content (AvgIpc) is 2.90. The number of nitrogens with zero attached hydrogens (tertiary/aromatic N) is 2. The summed E-state index contributed by atoms with van der Waals surface area (Å²) in [7, 11) is 0. The Bertz CT molecular complexity index is 739. The van der Waals surface area contributed by atoms with Crippen LogP contribution in [0, 0.1) is 12.7 Å². The van der Waals surface area contributed by atoms with Gasteiger partial charge in [-0.05, 0) is 48.1 Å². The maximum Gasteiger partial charge on any atom is 0.138 e. The molecule has 0 unspecified atom stereocenters. The predicted octanol–water partition coefficient (Wildman–Crippen LogP) is 3.79. The molecule has 3 nitrogen and oxygen atoms in total. The third kappa shape index (κ3) is 2.63. The molecule has 0 aliphatic rings. The fourth-order valence-corrected chi connectivity index (χ4v) is 2.92. The van der Waals surface area contributed by atoms with Crippen LogP contribution in [0.4, 0.5) is 10.2 Å². The van der Waals surface area contributed by atoms with Crippen LogP contribution in [0.1, 0.15) is 11.1 Å². The van der Waals surface area contributed by atoms with E-state index in [1.165, 1.54) is 6.07 Å². The van der Waals surface area contributed by atoms with E-state index in [-0.39, 0.29) is 5.82 Å². The molecule has 20 heavy (non-hydrogen) atoms. The molecule has 1 N–H and O–H groups in total. The molecule has 5 heteroatoms. The third-order valence-electron chi connectivity index (χ3n) is 3.25. The van der Waals surface area contributed by atoms with Gasteiger partial charge in [0.2, 0.25) is 0 Å². The van der Waals surface area contributed by atoms with Crippen molar-refractivity contribution in [2.45, 2.75) is 13.3 Å². The lowest BCUT2D eigenvalue weighted by Gasteiger charge is -2.08. The average molecular weight is 287 g/mol. The Balaban J connectivity index is 1.69. The smallest absolute Gasteiger partial charge is 0.138 e. The number of thiophene rings is 1. The zero-order valence-electron chi connectivity index (χ0n) is 11.1. The number of hydrogen-bond acceptors (Lipinski definition) is 4. The first-order valence-corrected chi connectivity index (χ1v) is 7.29. The van der Waals surface area contributed by atoms with E-state index in [2.05, 4.69) is 15.3 Å². The van der Waals surface area contributed by atoms with Crippen LogP contribution >= 0.6 is 11.3 Å². The number of benzene rings is 1.